The van der Waals surface area contributed by atoms with Gasteiger partial charge in [0, 0.05) is 15.3 Å². The monoisotopic (exact) mass is 412 g/mol. The molecule has 1 heterocycles. The van der Waals surface area contributed by atoms with Crippen LogP contribution in [0.25, 0.3) is 11.1 Å². The van der Waals surface area contributed by atoms with Crippen LogP contribution in [-0.4, -0.2) is 9.78 Å². The summed E-state index contributed by atoms with van der Waals surface area (Å²) in [7, 11) is 0. The number of benzene rings is 2. The summed E-state index contributed by atoms with van der Waals surface area (Å²) in [6.45, 7) is 0.512. The lowest BCUT2D eigenvalue weighted by atomic mass is 10.1. The van der Waals surface area contributed by atoms with E-state index in [9.17, 15) is 4.39 Å². The minimum atomic E-state index is -0.404. The summed E-state index contributed by atoms with van der Waals surface area (Å²) in [5, 5.41) is 4.47. The highest BCUT2D eigenvalue weighted by Crippen LogP contribution is 2.21. The van der Waals surface area contributed by atoms with Gasteiger partial charge in [-0.3, -0.25) is 4.68 Å². The summed E-state index contributed by atoms with van der Waals surface area (Å²) < 4.78 is 16.4. The smallest absolute Gasteiger partial charge is 0.142 e. The summed E-state index contributed by atoms with van der Waals surface area (Å²) >= 11 is 7.97. The Hall–Kier alpha value is -1.40. The van der Waals surface area contributed by atoms with Crippen molar-refractivity contribution >= 4 is 34.2 Å². The topological polar surface area (TPSA) is 17.8 Å². The molecule has 0 spiro atoms. The van der Waals surface area contributed by atoms with Crippen LogP contribution in [-0.2, 0) is 6.54 Å². The van der Waals surface area contributed by atoms with Gasteiger partial charge in [0.25, 0.3) is 0 Å². The van der Waals surface area contributed by atoms with Crippen molar-refractivity contribution in [3.8, 4) is 11.1 Å². The maximum atomic E-state index is 13.4. The van der Waals surface area contributed by atoms with Crippen molar-refractivity contribution in [3.63, 3.8) is 0 Å². The molecule has 3 aromatic rings. The lowest BCUT2D eigenvalue weighted by molar-refractivity contribution is 0.619. The van der Waals surface area contributed by atoms with E-state index in [1.807, 2.05) is 30.6 Å². The zero-order chi connectivity index (χ0) is 14.8. The Kier molecular flexibility index (Phi) is 4.26. The highest BCUT2D eigenvalue weighted by molar-refractivity contribution is 14.1. The SMILES string of the molecule is Fc1cc(Cn2cc(-c3cccc(I)c3)cn2)ccc1Cl. The summed E-state index contributed by atoms with van der Waals surface area (Å²) in [5.41, 5.74) is 2.99. The van der Waals surface area contributed by atoms with Crippen LogP contribution in [0, 0.1) is 9.39 Å². The molecule has 2 nitrogen and oxygen atoms in total. The lowest BCUT2D eigenvalue weighted by Crippen LogP contribution is -2.00. The van der Waals surface area contributed by atoms with Gasteiger partial charge in [-0.25, -0.2) is 4.39 Å². The van der Waals surface area contributed by atoms with E-state index in [1.54, 1.807) is 16.8 Å². The van der Waals surface area contributed by atoms with Gasteiger partial charge in [-0.2, -0.15) is 5.10 Å². The van der Waals surface area contributed by atoms with Gasteiger partial charge >= 0.3 is 0 Å². The van der Waals surface area contributed by atoms with Crippen molar-refractivity contribution in [2.45, 2.75) is 6.54 Å². The van der Waals surface area contributed by atoms with E-state index >= 15 is 0 Å². The summed E-state index contributed by atoms with van der Waals surface area (Å²) in [6, 6.07) is 13.0. The number of aromatic nitrogens is 2. The normalized spacial score (nSPS) is 10.8. The van der Waals surface area contributed by atoms with E-state index < -0.39 is 5.82 Å². The third-order valence-corrected chi connectivity index (χ3v) is 4.10. The average Bonchev–Trinajstić information content (AvgIpc) is 2.91. The second-order valence-electron chi connectivity index (χ2n) is 4.69. The van der Waals surface area contributed by atoms with Crippen LogP contribution >= 0.6 is 34.2 Å². The van der Waals surface area contributed by atoms with Crippen molar-refractivity contribution < 1.29 is 4.39 Å². The van der Waals surface area contributed by atoms with Gasteiger partial charge in [-0.15, -0.1) is 0 Å². The third-order valence-electron chi connectivity index (χ3n) is 3.12. The number of hydrogen-bond donors (Lipinski definition) is 0. The Labute approximate surface area is 140 Å². The Morgan fingerprint density at radius 2 is 2.00 bits per heavy atom. The molecule has 0 amide bonds. The molecule has 0 aliphatic carbocycles. The van der Waals surface area contributed by atoms with Gasteiger partial charge in [0.2, 0.25) is 0 Å². The largest absolute Gasteiger partial charge is 0.268 e. The fourth-order valence-corrected chi connectivity index (χ4v) is 2.75. The number of hydrogen-bond acceptors (Lipinski definition) is 1. The van der Waals surface area contributed by atoms with E-state index in [-0.39, 0.29) is 5.02 Å². The quantitative estimate of drug-likeness (QED) is 0.554. The van der Waals surface area contributed by atoms with Crippen LogP contribution in [0.15, 0.2) is 54.9 Å². The first-order valence-corrected chi connectivity index (χ1v) is 7.80. The van der Waals surface area contributed by atoms with Crippen molar-refractivity contribution in [3.05, 3.63) is 74.8 Å². The molecule has 5 heteroatoms. The molecule has 106 valence electrons. The molecule has 1 aromatic heterocycles. The number of nitrogens with zero attached hydrogens (tertiary/aromatic N) is 2. The molecule has 0 unspecified atom stereocenters. The minimum absolute atomic E-state index is 0.138. The average molecular weight is 413 g/mol. The van der Waals surface area contributed by atoms with E-state index in [1.165, 1.54) is 9.64 Å². The van der Waals surface area contributed by atoms with Gasteiger partial charge in [-0.05, 0) is 58.0 Å². The minimum Gasteiger partial charge on any atom is -0.268 e. The molecule has 3 rings (SSSR count). The fourth-order valence-electron chi connectivity index (χ4n) is 2.09. The van der Waals surface area contributed by atoms with Crippen molar-refractivity contribution in [1.29, 1.82) is 0 Å². The molecular weight excluding hydrogens is 402 g/mol. The van der Waals surface area contributed by atoms with Crippen LogP contribution in [0.5, 0.6) is 0 Å². The second kappa shape index (κ2) is 6.15. The van der Waals surface area contributed by atoms with Crippen molar-refractivity contribution in [2.75, 3.05) is 0 Å². The molecule has 0 fully saturated rings. The maximum Gasteiger partial charge on any atom is 0.142 e. The first kappa shape index (κ1) is 14.5. The molecule has 0 aliphatic rings. The molecule has 0 radical (unpaired) electrons. The predicted molar refractivity (Wildman–Crippen MR) is 90.9 cm³/mol. The number of halogens is 3. The van der Waals surface area contributed by atoms with E-state index in [2.05, 4.69) is 33.8 Å². The third kappa shape index (κ3) is 3.44. The van der Waals surface area contributed by atoms with Crippen LogP contribution < -0.4 is 0 Å². The molecule has 21 heavy (non-hydrogen) atoms. The highest BCUT2D eigenvalue weighted by Gasteiger charge is 2.05. The van der Waals surface area contributed by atoms with Crippen LogP contribution in [0.4, 0.5) is 4.39 Å². The van der Waals surface area contributed by atoms with E-state index in [0.29, 0.717) is 6.54 Å². The molecule has 0 bridgehead atoms. The molecule has 0 N–H and O–H groups in total. The van der Waals surface area contributed by atoms with Gasteiger partial charge in [-0.1, -0.05) is 29.8 Å². The molecular formula is C16H11ClFIN2. The molecule has 0 saturated heterocycles. The van der Waals surface area contributed by atoms with Gasteiger partial charge in [0.1, 0.15) is 5.82 Å². The Morgan fingerprint density at radius 3 is 2.76 bits per heavy atom. The zero-order valence-corrected chi connectivity index (χ0v) is 13.8. The molecule has 0 aliphatic heterocycles. The fraction of sp³-hybridized carbons (Fsp3) is 0.0625. The van der Waals surface area contributed by atoms with Crippen LogP contribution in [0.1, 0.15) is 5.56 Å². The summed E-state index contributed by atoms with van der Waals surface area (Å²) in [4.78, 5) is 0. The van der Waals surface area contributed by atoms with Gasteiger partial charge < -0.3 is 0 Å². The lowest BCUT2D eigenvalue weighted by Gasteiger charge is -2.03. The molecule has 0 saturated carbocycles. The Bertz CT molecular complexity index is 785. The van der Waals surface area contributed by atoms with Crippen LogP contribution in [0.3, 0.4) is 0 Å². The van der Waals surface area contributed by atoms with Crippen molar-refractivity contribution in [2.24, 2.45) is 0 Å². The zero-order valence-electron chi connectivity index (χ0n) is 10.9. The standard InChI is InChI=1S/C16H11ClFIN2/c17-15-5-4-11(6-16(15)18)9-21-10-13(8-20-21)12-2-1-3-14(19)7-12/h1-8,10H,9H2. The van der Waals surface area contributed by atoms with Crippen molar-refractivity contribution in [1.82, 2.24) is 9.78 Å². The predicted octanol–water partition coefficient (Wildman–Crippen LogP) is 5.00. The maximum absolute atomic E-state index is 13.4. The van der Waals surface area contributed by atoms with Crippen LogP contribution in [0.2, 0.25) is 5.02 Å². The van der Waals surface area contributed by atoms with E-state index in [0.717, 1.165) is 16.7 Å². The molecule has 2 aromatic carbocycles. The summed E-state index contributed by atoms with van der Waals surface area (Å²) in [6.07, 6.45) is 3.77. The first-order chi connectivity index (χ1) is 10.1. The van der Waals surface area contributed by atoms with E-state index in [4.69, 9.17) is 11.6 Å². The molecule has 0 atom stereocenters. The Balaban J connectivity index is 1.83. The first-order valence-electron chi connectivity index (χ1n) is 6.34. The van der Waals surface area contributed by atoms with Gasteiger partial charge in [0.05, 0.1) is 17.8 Å². The Morgan fingerprint density at radius 1 is 1.14 bits per heavy atom. The number of rotatable bonds is 3. The summed E-state index contributed by atoms with van der Waals surface area (Å²) in [5.74, 6) is -0.404. The highest BCUT2D eigenvalue weighted by atomic mass is 127. The second-order valence-corrected chi connectivity index (χ2v) is 6.34. The van der Waals surface area contributed by atoms with Gasteiger partial charge in [0.15, 0.2) is 0 Å².